The Labute approximate surface area is 226 Å². The molecule has 0 aliphatic carbocycles. The topological polar surface area (TPSA) is 86.8 Å². The highest BCUT2D eigenvalue weighted by atomic mass is 32.2. The van der Waals surface area contributed by atoms with E-state index in [0.29, 0.717) is 12.1 Å². The third-order valence-corrected chi connectivity index (χ3v) is 8.19. The lowest BCUT2D eigenvalue weighted by Gasteiger charge is -2.33. The van der Waals surface area contributed by atoms with Gasteiger partial charge >= 0.3 is 0 Å². The largest absolute Gasteiger partial charge is 0.352 e. The van der Waals surface area contributed by atoms with Crippen molar-refractivity contribution < 1.29 is 18.0 Å². The quantitative estimate of drug-likeness (QED) is 0.381. The molecule has 1 N–H and O–H groups in total. The van der Waals surface area contributed by atoms with Crippen molar-refractivity contribution in [1.82, 2.24) is 10.2 Å². The standard InChI is InChI=1S/C30H37N3O4S/c1-6-28(30(35)31-22(2)3)32(20-25-13-9-7-10-14-25)29(34)21-33(26-18-17-23(4)24(5)19-26)38(36,37)27-15-11-8-12-16-27/h7-19,22,28H,6,20-21H2,1-5H3,(H,31,35)/t28-/m0/s1. The van der Waals surface area contributed by atoms with Gasteiger partial charge in [-0.15, -0.1) is 0 Å². The number of hydrogen-bond acceptors (Lipinski definition) is 4. The van der Waals surface area contributed by atoms with Crippen molar-refractivity contribution in [3.63, 3.8) is 0 Å². The Hall–Kier alpha value is -3.65. The molecule has 0 aromatic heterocycles. The Bertz CT molecular complexity index is 1340. The van der Waals surface area contributed by atoms with Gasteiger partial charge in [-0.2, -0.15) is 0 Å². The van der Waals surface area contributed by atoms with Gasteiger partial charge in [-0.25, -0.2) is 8.42 Å². The molecular formula is C30H37N3O4S. The maximum atomic E-state index is 14.0. The van der Waals surface area contributed by atoms with Crippen molar-refractivity contribution in [2.75, 3.05) is 10.8 Å². The molecule has 202 valence electrons. The molecule has 7 nitrogen and oxygen atoms in total. The lowest BCUT2D eigenvalue weighted by atomic mass is 10.1. The minimum Gasteiger partial charge on any atom is -0.352 e. The van der Waals surface area contributed by atoms with Crippen LogP contribution in [0.4, 0.5) is 5.69 Å². The Balaban J connectivity index is 2.06. The average molecular weight is 536 g/mol. The zero-order valence-electron chi connectivity index (χ0n) is 22.7. The van der Waals surface area contributed by atoms with Gasteiger partial charge < -0.3 is 10.2 Å². The van der Waals surface area contributed by atoms with Crippen molar-refractivity contribution in [2.24, 2.45) is 0 Å². The van der Waals surface area contributed by atoms with Crippen LogP contribution in [0.3, 0.4) is 0 Å². The SMILES string of the molecule is CC[C@@H](C(=O)NC(C)C)N(Cc1ccccc1)C(=O)CN(c1ccc(C)c(C)c1)S(=O)(=O)c1ccccc1. The highest BCUT2D eigenvalue weighted by Gasteiger charge is 2.33. The van der Waals surface area contributed by atoms with Gasteiger partial charge in [-0.05, 0) is 75.1 Å². The van der Waals surface area contributed by atoms with E-state index in [0.717, 1.165) is 21.0 Å². The van der Waals surface area contributed by atoms with Crippen LogP contribution in [0.1, 0.15) is 43.9 Å². The van der Waals surface area contributed by atoms with Crippen molar-refractivity contribution >= 4 is 27.5 Å². The number of benzene rings is 3. The number of hydrogen-bond donors (Lipinski definition) is 1. The van der Waals surface area contributed by atoms with E-state index in [9.17, 15) is 18.0 Å². The molecule has 8 heteroatoms. The summed E-state index contributed by atoms with van der Waals surface area (Å²) >= 11 is 0. The van der Waals surface area contributed by atoms with Gasteiger partial charge in [0.1, 0.15) is 12.6 Å². The van der Waals surface area contributed by atoms with E-state index in [1.54, 1.807) is 30.3 Å². The van der Waals surface area contributed by atoms with E-state index >= 15 is 0 Å². The fourth-order valence-corrected chi connectivity index (χ4v) is 5.64. The van der Waals surface area contributed by atoms with Gasteiger partial charge in [0.05, 0.1) is 10.6 Å². The predicted molar refractivity (Wildman–Crippen MR) is 151 cm³/mol. The fraction of sp³-hybridized carbons (Fsp3) is 0.333. The van der Waals surface area contributed by atoms with Crippen molar-refractivity contribution in [3.05, 3.63) is 95.6 Å². The van der Waals surface area contributed by atoms with Crippen LogP contribution in [-0.2, 0) is 26.2 Å². The zero-order chi connectivity index (χ0) is 27.9. The Morgan fingerprint density at radius 1 is 0.868 bits per heavy atom. The summed E-state index contributed by atoms with van der Waals surface area (Å²) in [5.41, 5.74) is 3.16. The van der Waals surface area contributed by atoms with Gasteiger partial charge in [0.2, 0.25) is 11.8 Å². The molecular weight excluding hydrogens is 498 g/mol. The zero-order valence-corrected chi connectivity index (χ0v) is 23.5. The monoisotopic (exact) mass is 535 g/mol. The molecule has 0 aliphatic heterocycles. The molecule has 38 heavy (non-hydrogen) atoms. The predicted octanol–water partition coefficient (Wildman–Crippen LogP) is 4.83. The third-order valence-electron chi connectivity index (χ3n) is 6.40. The molecule has 0 heterocycles. The van der Waals surface area contributed by atoms with Gasteiger partial charge in [0.25, 0.3) is 10.0 Å². The van der Waals surface area contributed by atoms with Crippen LogP contribution in [0.25, 0.3) is 0 Å². The first kappa shape index (κ1) is 28.9. The van der Waals surface area contributed by atoms with Crippen LogP contribution in [0.5, 0.6) is 0 Å². The summed E-state index contributed by atoms with van der Waals surface area (Å²) in [6.07, 6.45) is 0.381. The number of carbonyl (C=O) groups is 2. The van der Waals surface area contributed by atoms with Crippen LogP contribution in [0.15, 0.2) is 83.8 Å². The van der Waals surface area contributed by atoms with E-state index in [-0.39, 0.29) is 23.4 Å². The molecule has 2 amide bonds. The first-order valence-electron chi connectivity index (χ1n) is 12.8. The molecule has 0 saturated carbocycles. The normalized spacial score (nSPS) is 12.2. The Morgan fingerprint density at radius 2 is 1.47 bits per heavy atom. The fourth-order valence-electron chi connectivity index (χ4n) is 4.21. The number of sulfonamides is 1. The van der Waals surface area contributed by atoms with E-state index in [4.69, 9.17) is 0 Å². The second kappa shape index (κ2) is 12.7. The van der Waals surface area contributed by atoms with Crippen LogP contribution in [0, 0.1) is 13.8 Å². The second-order valence-electron chi connectivity index (χ2n) is 9.69. The third kappa shape index (κ3) is 7.01. The minimum absolute atomic E-state index is 0.0882. The Kier molecular flexibility index (Phi) is 9.69. The van der Waals surface area contributed by atoms with Crippen LogP contribution >= 0.6 is 0 Å². The van der Waals surface area contributed by atoms with Gasteiger partial charge in [-0.3, -0.25) is 13.9 Å². The van der Waals surface area contributed by atoms with E-state index in [2.05, 4.69) is 5.32 Å². The lowest BCUT2D eigenvalue weighted by Crippen LogP contribution is -2.53. The maximum absolute atomic E-state index is 14.0. The molecule has 0 spiro atoms. The van der Waals surface area contributed by atoms with Gasteiger partial charge in [0, 0.05) is 12.6 Å². The van der Waals surface area contributed by atoms with E-state index in [1.165, 1.54) is 17.0 Å². The number of amides is 2. The molecule has 0 aliphatic rings. The summed E-state index contributed by atoms with van der Waals surface area (Å²) in [6.45, 7) is 9.15. The molecule has 0 bridgehead atoms. The molecule has 3 rings (SSSR count). The van der Waals surface area contributed by atoms with Gasteiger partial charge in [-0.1, -0.05) is 61.5 Å². The summed E-state index contributed by atoms with van der Waals surface area (Å²) in [5.74, 6) is -0.729. The first-order chi connectivity index (χ1) is 18.0. The highest BCUT2D eigenvalue weighted by Crippen LogP contribution is 2.26. The number of anilines is 1. The van der Waals surface area contributed by atoms with Crippen molar-refractivity contribution in [3.8, 4) is 0 Å². The summed E-state index contributed by atoms with van der Waals surface area (Å²) in [4.78, 5) is 28.7. The first-order valence-corrected chi connectivity index (χ1v) is 14.3. The summed E-state index contributed by atoms with van der Waals surface area (Å²) in [7, 11) is -4.07. The van der Waals surface area contributed by atoms with Crippen LogP contribution < -0.4 is 9.62 Å². The number of carbonyl (C=O) groups excluding carboxylic acids is 2. The number of rotatable bonds is 11. The highest BCUT2D eigenvalue weighted by molar-refractivity contribution is 7.92. The van der Waals surface area contributed by atoms with Crippen molar-refractivity contribution in [1.29, 1.82) is 0 Å². The maximum Gasteiger partial charge on any atom is 0.264 e. The van der Waals surface area contributed by atoms with E-state index in [1.807, 2.05) is 71.0 Å². The molecule has 0 saturated heterocycles. The van der Waals surface area contributed by atoms with E-state index < -0.39 is 28.5 Å². The number of nitrogens with one attached hydrogen (secondary N) is 1. The minimum atomic E-state index is -4.07. The lowest BCUT2D eigenvalue weighted by molar-refractivity contribution is -0.140. The molecule has 0 fully saturated rings. The summed E-state index contributed by atoms with van der Waals surface area (Å²) in [6, 6.07) is 21.9. The van der Waals surface area contributed by atoms with Crippen molar-refractivity contribution in [2.45, 2.75) is 64.6 Å². The Morgan fingerprint density at radius 3 is 2.03 bits per heavy atom. The summed E-state index contributed by atoms with van der Waals surface area (Å²) < 4.78 is 28.8. The van der Waals surface area contributed by atoms with Gasteiger partial charge in [0.15, 0.2) is 0 Å². The number of nitrogens with zero attached hydrogens (tertiary/aromatic N) is 2. The molecule has 0 unspecified atom stereocenters. The molecule has 0 radical (unpaired) electrons. The number of aryl methyl sites for hydroxylation is 2. The molecule has 3 aromatic carbocycles. The average Bonchev–Trinajstić information content (AvgIpc) is 2.89. The smallest absolute Gasteiger partial charge is 0.264 e. The molecule has 1 atom stereocenters. The molecule has 3 aromatic rings. The summed E-state index contributed by atoms with van der Waals surface area (Å²) in [5, 5.41) is 2.91. The second-order valence-corrected chi connectivity index (χ2v) is 11.6. The van der Waals surface area contributed by atoms with Crippen LogP contribution in [0.2, 0.25) is 0 Å². The van der Waals surface area contributed by atoms with Crippen LogP contribution in [-0.4, -0.2) is 43.8 Å².